The highest BCUT2D eigenvalue weighted by atomic mass is 16.3. The van der Waals surface area contributed by atoms with Gasteiger partial charge in [0.25, 0.3) is 0 Å². The molecule has 0 unspecified atom stereocenters. The van der Waals surface area contributed by atoms with Gasteiger partial charge >= 0.3 is 0 Å². The molecule has 1 N–H and O–H groups in total. The first-order valence-corrected chi connectivity index (χ1v) is 7.75. The van der Waals surface area contributed by atoms with Crippen LogP contribution in [-0.2, 0) is 17.9 Å². The monoisotopic (exact) mass is 310 g/mol. The van der Waals surface area contributed by atoms with Gasteiger partial charge in [0.15, 0.2) is 5.58 Å². The summed E-state index contributed by atoms with van der Waals surface area (Å²) >= 11 is 0. The normalized spacial score (nSPS) is 15.7. The van der Waals surface area contributed by atoms with Crippen molar-refractivity contribution in [2.24, 2.45) is 5.41 Å². The zero-order valence-corrected chi connectivity index (χ0v) is 13.0. The first-order valence-electron chi connectivity index (χ1n) is 7.75. The maximum atomic E-state index is 12.5. The molecule has 1 saturated carbocycles. The minimum atomic E-state index is -0.303. The van der Waals surface area contributed by atoms with Crippen molar-refractivity contribution in [2.75, 3.05) is 0 Å². The number of imidazole rings is 1. The topological polar surface area (TPSA) is 73.0 Å². The van der Waals surface area contributed by atoms with Crippen LogP contribution in [0, 0.1) is 12.3 Å². The summed E-state index contributed by atoms with van der Waals surface area (Å²) in [4.78, 5) is 21.0. The first kappa shape index (κ1) is 14.0. The highest BCUT2D eigenvalue weighted by molar-refractivity contribution is 5.85. The second-order valence-electron chi connectivity index (χ2n) is 6.23. The number of aryl methyl sites for hydroxylation is 1. The van der Waals surface area contributed by atoms with Crippen LogP contribution < -0.4 is 5.32 Å². The van der Waals surface area contributed by atoms with E-state index in [4.69, 9.17) is 4.42 Å². The number of benzene rings is 1. The van der Waals surface area contributed by atoms with Gasteiger partial charge < -0.3 is 14.3 Å². The summed E-state index contributed by atoms with van der Waals surface area (Å²) < 4.78 is 7.65. The van der Waals surface area contributed by atoms with Crippen LogP contribution in [0.3, 0.4) is 0 Å². The molecule has 1 fully saturated rings. The molecular formula is C17H18N4O2. The van der Waals surface area contributed by atoms with Crippen molar-refractivity contribution < 1.29 is 9.21 Å². The molecule has 6 nitrogen and oxygen atoms in total. The van der Waals surface area contributed by atoms with Crippen molar-refractivity contribution in [2.45, 2.75) is 32.9 Å². The Kier molecular flexibility index (Phi) is 3.18. The molecule has 1 aliphatic rings. The molecule has 2 aromatic heterocycles. The quantitative estimate of drug-likeness (QED) is 0.785. The summed E-state index contributed by atoms with van der Waals surface area (Å²) in [6.45, 7) is 2.99. The van der Waals surface area contributed by atoms with Gasteiger partial charge in [0, 0.05) is 18.9 Å². The largest absolute Gasteiger partial charge is 0.439 e. The number of fused-ring (bicyclic) bond motifs is 1. The Balaban J connectivity index is 1.43. The van der Waals surface area contributed by atoms with Crippen LogP contribution in [0.4, 0.5) is 0 Å². The molecule has 0 spiro atoms. The number of amides is 1. The summed E-state index contributed by atoms with van der Waals surface area (Å²) in [6, 6.07) is 5.83. The van der Waals surface area contributed by atoms with Gasteiger partial charge in [-0.15, -0.1) is 0 Å². The molecule has 3 aromatic rings. The molecule has 1 aliphatic carbocycles. The maximum Gasteiger partial charge on any atom is 0.228 e. The number of nitrogens with zero attached hydrogens (tertiary/aromatic N) is 3. The predicted molar refractivity (Wildman–Crippen MR) is 84.5 cm³/mol. The second-order valence-corrected chi connectivity index (χ2v) is 6.23. The standard InChI is InChI=1S/C17H18N4O2/c1-12-3-2-4-13-15(12)20-14(23-13)9-19-16(22)17(5-6-17)10-21-8-7-18-11-21/h2-4,7-8,11H,5-6,9-10H2,1H3,(H,19,22). The highest BCUT2D eigenvalue weighted by Gasteiger charge is 2.49. The number of carbonyl (C=O) groups excluding carboxylic acids is 1. The van der Waals surface area contributed by atoms with Crippen molar-refractivity contribution >= 4 is 17.0 Å². The van der Waals surface area contributed by atoms with Gasteiger partial charge in [0.05, 0.1) is 18.3 Å². The van der Waals surface area contributed by atoms with Crippen LogP contribution in [0.1, 0.15) is 24.3 Å². The lowest BCUT2D eigenvalue weighted by Crippen LogP contribution is -2.34. The summed E-state index contributed by atoms with van der Waals surface area (Å²) in [6.07, 6.45) is 7.18. The summed E-state index contributed by atoms with van der Waals surface area (Å²) in [5.74, 6) is 0.603. The van der Waals surface area contributed by atoms with Gasteiger partial charge in [-0.05, 0) is 31.4 Å². The number of para-hydroxylation sites is 1. The summed E-state index contributed by atoms with van der Waals surface area (Å²) in [7, 11) is 0. The lowest BCUT2D eigenvalue weighted by molar-refractivity contribution is -0.127. The molecule has 0 saturated heterocycles. The van der Waals surface area contributed by atoms with E-state index >= 15 is 0 Å². The van der Waals surface area contributed by atoms with Gasteiger partial charge in [-0.25, -0.2) is 9.97 Å². The van der Waals surface area contributed by atoms with Gasteiger partial charge in [-0.1, -0.05) is 12.1 Å². The fourth-order valence-corrected chi connectivity index (χ4v) is 2.89. The van der Waals surface area contributed by atoms with Crippen LogP contribution in [0.2, 0.25) is 0 Å². The number of aromatic nitrogens is 3. The lowest BCUT2D eigenvalue weighted by atomic mass is 10.1. The third kappa shape index (κ3) is 2.60. The molecule has 0 atom stereocenters. The fourth-order valence-electron chi connectivity index (χ4n) is 2.89. The Morgan fingerprint density at radius 1 is 1.43 bits per heavy atom. The molecule has 1 aromatic carbocycles. The van der Waals surface area contributed by atoms with Crippen molar-refractivity contribution in [3.05, 3.63) is 48.4 Å². The fraction of sp³-hybridized carbons (Fsp3) is 0.353. The Labute approximate surface area is 133 Å². The third-order valence-corrected chi connectivity index (χ3v) is 4.44. The Hall–Kier alpha value is -2.63. The van der Waals surface area contributed by atoms with E-state index in [-0.39, 0.29) is 11.3 Å². The Morgan fingerprint density at radius 2 is 2.30 bits per heavy atom. The first-order chi connectivity index (χ1) is 11.2. The Morgan fingerprint density at radius 3 is 3.00 bits per heavy atom. The molecule has 0 aliphatic heterocycles. The zero-order valence-electron chi connectivity index (χ0n) is 13.0. The van der Waals surface area contributed by atoms with E-state index in [1.807, 2.05) is 35.9 Å². The number of nitrogens with one attached hydrogen (secondary N) is 1. The maximum absolute atomic E-state index is 12.5. The average molecular weight is 310 g/mol. The van der Waals surface area contributed by atoms with Gasteiger partial charge in [0.2, 0.25) is 11.8 Å². The van der Waals surface area contributed by atoms with Crippen LogP contribution >= 0.6 is 0 Å². The third-order valence-electron chi connectivity index (χ3n) is 4.44. The van der Waals surface area contributed by atoms with Crippen LogP contribution in [0.5, 0.6) is 0 Å². The minimum absolute atomic E-state index is 0.0604. The molecule has 4 rings (SSSR count). The Bertz CT molecular complexity index is 847. The van der Waals surface area contributed by atoms with Crippen molar-refractivity contribution in [3.8, 4) is 0 Å². The molecule has 1 amide bonds. The molecule has 118 valence electrons. The highest BCUT2D eigenvalue weighted by Crippen LogP contribution is 2.47. The summed E-state index contributed by atoms with van der Waals surface area (Å²) in [5, 5.41) is 2.97. The molecule has 0 radical (unpaired) electrons. The number of carbonyl (C=O) groups is 1. The van der Waals surface area contributed by atoms with Gasteiger partial charge in [0.1, 0.15) is 5.52 Å². The van der Waals surface area contributed by atoms with Crippen molar-refractivity contribution in [1.82, 2.24) is 19.9 Å². The number of rotatable bonds is 5. The smallest absolute Gasteiger partial charge is 0.228 e. The van der Waals surface area contributed by atoms with Crippen LogP contribution in [-0.4, -0.2) is 20.4 Å². The second kappa shape index (κ2) is 5.22. The molecule has 23 heavy (non-hydrogen) atoms. The SMILES string of the molecule is Cc1cccc2oc(CNC(=O)C3(Cn4ccnc4)CC3)nc12. The van der Waals surface area contributed by atoms with Crippen LogP contribution in [0.15, 0.2) is 41.3 Å². The van der Waals surface area contributed by atoms with E-state index < -0.39 is 0 Å². The van der Waals surface area contributed by atoms with Gasteiger partial charge in [-0.3, -0.25) is 4.79 Å². The van der Waals surface area contributed by atoms with E-state index in [2.05, 4.69) is 15.3 Å². The zero-order chi connectivity index (χ0) is 15.9. The number of hydrogen-bond donors (Lipinski definition) is 1. The van der Waals surface area contributed by atoms with E-state index in [1.54, 1.807) is 12.5 Å². The number of oxazole rings is 1. The van der Waals surface area contributed by atoms with Crippen LogP contribution in [0.25, 0.3) is 11.1 Å². The molecule has 0 bridgehead atoms. The predicted octanol–water partition coefficient (Wildman–Crippen LogP) is 2.43. The van der Waals surface area contributed by atoms with E-state index in [1.165, 1.54) is 0 Å². The van der Waals surface area contributed by atoms with E-state index in [0.717, 1.165) is 29.5 Å². The van der Waals surface area contributed by atoms with Crippen molar-refractivity contribution in [3.63, 3.8) is 0 Å². The van der Waals surface area contributed by atoms with Crippen molar-refractivity contribution in [1.29, 1.82) is 0 Å². The lowest BCUT2D eigenvalue weighted by Gasteiger charge is -2.14. The minimum Gasteiger partial charge on any atom is -0.439 e. The molecular weight excluding hydrogens is 292 g/mol. The van der Waals surface area contributed by atoms with Gasteiger partial charge in [-0.2, -0.15) is 0 Å². The van der Waals surface area contributed by atoms with E-state index in [0.29, 0.717) is 19.0 Å². The molecule has 2 heterocycles. The van der Waals surface area contributed by atoms with E-state index in [9.17, 15) is 4.79 Å². The average Bonchev–Trinajstić information content (AvgIpc) is 2.97. The molecule has 6 heteroatoms. The number of hydrogen-bond acceptors (Lipinski definition) is 4. The summed E-state index contributed by atoms with van der Waals surface area (Å²) in [5.41, 5.74) is 2.38.